The highest BCUT2D eigenvalue weighted by Crippen LogP contribution is 2.26. The highest BCUT2D eigenvalue weighted by Gasteiger charge is 2.14. The van der Waals surface area contributed by atoms with E-state index in [1.165, 1.54) is 12.8 Å². The molecule has 0 amide bonds. The van der Waals surface area contributed by atoms with Gasteiger partial charge in [-0.25, -0.2) is 0 Å². The highest BCUT2D eigenvalue weighted by molar-refractivity contribution is 5.40. The van der Waals surface area contributed by atoms with Gasteiger partial charge in [-0.1, -0.05) is 6.07 Å². The second-order valence-corrected chi connectivity index (χ2v) is 3.82. The number of aromatic hydroxyl groups is 2. The number of hydrogen-bond acceptors (Lipinski definition) is 3. The zero-order valence-corrected chi connectivity index (χ0v) is 8.03. The van der Waals surface area contributed by atoms with Gasteiger partial charge in [-0.05, 0) is 43.5 Å². The first-order valence-corrected chi connectivity index (χ1v) is 5.00. The number of rotatable bonds is 2. The Balaban J connectivity index is 2.05. The molecule has 0 radical (unpaired) electrons. The highest BCUT2D eigenvalue weighted by atomic mass is 16.3. The summed E-state index contributed by atoms with van der Waals surface area (Å²) in [6.07, 6.45) is 3.35. The Morgan fingerprint density at radius 1 is 1.29 bits per heavy atom. The summed E-state index contributed by atoms with van der Waals surface area (Å²) in [4.78, 5) is 0. The molecule has 3 nitrogen and oxygen atoms in total. The maximum atomic E-state index is 9.30. The predicted molar refractivity (Wildman–Crippen MR) is 54.5 cm³/mol. The molecule has 0 saturated carbocycles. The zero-order chi connectivity index (χ0) is 9.97. The molecule has 3 heteroatoms. The molecule has 0 aromatic heterocycles. The summed E-state index contributed by atoms with van der Waals surface area (Å²) in [5.41, 5.74) is 1.07. The monoisotopic (exact) mass is 193 g/mol. The Morgan fingerprint density at radius 3 is 2.79 bits per heavy atom. The smallest absolute Gasteiger partial charge is 0.157 e. The van der Waals surface area contributed by atoms with Crippen molar-refractivity contribution in [2.75, 3.05) is 6.54 Å². The van der Waals surface area contributed by atoms with E-state index in [2.05, 4.69) is 5.32 Å². The number of nitrogens with one attached hydrogen (secondary N) is 1. The Labute approximate surface area is 83.4 Å². The minimum absolute atomic E-state index is 0.0273. The summed E-state index contributed by atoms with van der Waals surface area (Å²) in [6.45, 7) is 1.09. The van der Waals surface area contributed by atoms with Gasteiger partial charge in [-0.3, -0.25) is 0 Å². The van der Waals surface area contributed by atoms with E-state index in [1.54, 1.807) is 12.1 Å². The Bertz CT molecular complexity index is 319. The molecule has 1 heterocycles. The number of phenols is 2. The summed E-state index contributed by atoms with van der Waals surface area (Å²) < 4.78 is 0. The maximum Gasteiger partial charge on any atom is 0.157 e. The summed E-state index contributed by atoms with van der Waals surface area (Å²) in [6, 6.07) is 5.56. The van der Waals surface area contributed by atoms with Gasteiger partial charge in [0.15, 0.2) is 11.5 Å². The molecule has 3 N–H and O–H groups in total. The first-order valence-electron chi connectivity index (χ1n) is 5.00. The van der Waals surface area contributed by atoms with E-state index in [-0.39, 0.29) is 11.5 Å². The molecule has 1 aliphatic heterocycles. The molecule has 1 fully saturated rings. The van der Waals surface area contributed by atoms with Gasteiger partial charge >= 0.3 is 0 Å². The molecule has 1 unspecified atom stereocenters. The first kappa shape index (κ1) is 9.34. The van der Waals surface area contributed by atoms with Crippen LogP contribution in [-0.2, 0) is 6.42 Å². The molecule has 1 aromatic carbocycles. The lowest BCUT2D eigenvalue weighted by atomic mass is 10.0. The lowest BCUT2D eigenvalue weighted by molar-refractivity contribution is 0.403. The van der Waals surface area contributed by atoms with Crippen molar-refractivity contribution in [3.8, 4) is 11.5 Å². The van der Waals surface area contributed by atoms with Crippen LogP contribution in [0.15, 0.2) is 18.2 Å². The topological polar surface area (TPSA) is 52.5 Å². The van der Waals surface area contributed by atoms with Crippen LogP contribution >= 0.6 is 0 Å². The minimum Gasteiger partial charge on any atom is -0.504 e. The number of benzene rings is 1. The molecule has 1 atom stereocenters. The average molecular weight is 193 g/mol. The normalized spacial score (nSPS) is 21.3. The van der Waals surface area contributed by atoms with E-state index in [9.17, 15) is 5.11 Å². The fourth-order valence-electron chi connectivity index (χ4n) is 1.91. The van der Waals surface area contributed by atoms with Crippen LogP contribution in [-0.4, -0.2) is 22.8 Å². The van der Waals surface area contributed by atoms with Gasteiger partial charge in [0.1, 0.15) is 0 Å². The maximum absolute atomic E-state index is 9.30. The van der Waals surface area contributed by atoms with Crippen LogP contribution in [0, 0.1) is 0 Å². The van der Waals surface area contributed by atoms with E-state index in [0.29, 0.717) is 6.04 Å². The van der Waals surface area contributed by atoms with Crippen molar-refractivity contribution in [3.63, 3.8) is 0 Å². The van der Waals surface area contributed by atoms with Crippen molar-refractivity contribution in [1.29, 1.82) is 0 Å². The van der Waals surface area contributed by atoms with Crippen LogP contribution in [0.25, 0.3) is 0 Å². The van der Waals surface area contributed by atoms with Gasteiger partial charge in [0.05, 0.1) is 0 Å². The molecule has 0 aliphatic carbocycles. The van der Waals surface area contributed by atoms with E-state index < -0.39 is 0 Å². The SMILES string of the molecule is Oc1ccc(CC2CCCN2)cc1O. The Morgan fingerprint density at radius 2 is 2.14 bits per heavy atom. The van der Waals surface area contributed by atoms with Crippen molar-refractivity contribution in [2.45, 2.75) is 25.3 Å². The average Bonchev–Trinajstić information content (AvgIpc) is 2.64. The third-order valence-electron chi connectivity index (χ3n) is 2.68. The predicted octanol–water partition coefficient (Wildman–Crippen LogP) is 1.39. The van der Waals surface area contributed by atoms with Gasteiger partial charge in [-0.2, -0.15) is 0 Å². The lowest BCUT2D eigenvalue weighted by Crippen LogP contribution is -2.23. The number of hydrogen-bond donors (Lipinski definition) is 3. The van der Waals surface area contributed by atoms with Gasteiger partial charge in [-0.15, -0.1) is 0 Å². The summed E-state index contributed by atoms with van der Waals surface area (Å²) in [7, 11) is 0. The quantitative estimate of drug-likeness (QED) is 0.622. The van der Waals surface area contributed by atoms with Crippen LogP contribution in [0.4, 0.5) is 0 Å². The molecule has 0 bridgehead atoms. The fraction of sp³-hybridized carbons (Fsp3) is 0.455. The van der Waals surface area contributed by atoms with Crippen LogP contribution in [0.1, 0.15) is 18.4 Å². The second kappa shape index (κ2) is 3.88. The van der Waals surface area contributed by atoms with Gasteiger partial charge in [0.25, 0.3) is 0 Å². The van der Waals surface area contributed by atoms with Gasteiger partial charge < -0.3 is 15.5 Å². The minimum atomic E-state index is -0.0480. The molecular weight excluding hydrogens is 178 g/mol. The zero-order valence-electron chi connectivity index (χ0n) is 8.03. The summed E-state index contributed by atoms with van der Waals surface area (Å²) in [5.74, 6) is -0.0753. The molecule has 1 saturated heterocycles. The van der Waals surface area contributed by atoms with Crippen LogP contribution in [0.3, 0.4) is 0 Å². The molecule has 0 spiro atoms. The second-order valence-electron chi connectivity index (χ2n) is 3.82. The van der Waals surface area contributed by atoms with Gasteiger partial charge in [0.2, 0.25) is 0 Å². The molecule has 2 rings (SSSR count). The van der Waals surface area contributed by atoms with Crippen molar-refractivity contribution >= 4 is 0 Å². The van der Waals surface area contributed by atoms with Crippen molar-refractivity contribution in [3.05, 3.63) is 23.8 Å². The molecule has 1 aliphatic rings. The number of phenolic OH excluding ortho intramolecular Hbond substituents is 2. The first-order chi connectivity index (χ1) is 6.75. The van der Waals surface area contributed by atoms with Gasteiger partial charge in [0, 0.05) is 6.04 Å². The van der Waals surface area contributed by atoms with E-state index in [0.717, 1.165) is 18.5 Å². The Hall–Kier alpha value is -1.22. The third kappa shape index (κ3) is 1.99. The van der Waals surface area contributed by atoms with Crippen molar-refractivity contribution < 1.29 is 10.2 Å². The summed E-state index contributed by atoms with van der Waals surface area (Å²) in [5, 5.41) is 21.8. The fourth-order valence-corrected chi connectivity index (χ4v) is 1.91. The molecule has 1 aromatic rings. The van der Waals surface area contributed by atoms with E-state index in [4.69, 9.17) is 5.11 Å². The van der Waals surface area contributed by atoms with Crippen LogP contribution in [0.2, 0.25) is 0 Å². The summed E-state index contributed by atoms with van der Waals surface area (Å²) >= 11 is 0. The largest absolute Gasteiger partial charge is 0.504 e. The molecular formula is C11H15NO2. The van der Waals surface area contributed by atoms with Crippen molar-refractivity contribution in [2.24, 2.45) is 0 Å². The third-order valence-corrected chi connectivity index (χ3v) is 2.68. The molecule has 14 heavy (non-hydrogen) atoms. The van der Waals surface area contributed by atoms with E-state index in [1.807, 2.05) is 6.07 Å². The molecule has 76 valence electrons. The van der Waals surface area contributed by atoms with Crippen LogP contribution < -0.4 is 5.32 Å². The van der Waals surface area contributed by atoms with Crippen LogP contribution in [0.5, 0.6) is 11.5 Å². The standard InChI is InChI=1S/C11H15NO2/c13-10-4-3-8(7-11(10)14)6-9-2-1-5-12-9/h3-4,7,9,12-14H,1-2,5-6H2. The Kier molecular flexibility index (Phi) is 2.59. The van der Waals surface area contributed by atoms with Crippen molar-refractivity contribution in [1.82, 2.24) is 5.32 Å². The van der Waals surface area contributed by atoms with E-state index >= 15 is 0 Å². The lowest BCUT2D eigenvalue weighted by Gasteiger charge is -2.10.